The van der Waals surface area contributed by atoms with Crippen LogP contribution in [0.4, 0.5) is 0 Å². The summed E-state index contributed by atoms with van der Waals surface area (Å²) in [5.74, 6) is 3.96. The van der Waals surface area contributed by atoms with E-state index < -0.39 is 5.72 Å². The fourth-order valence-corrected chi connectivity index (χ4v) is 4.68. The van der Waals surface area contributed by atoms with Crippen LogP contribution < -0.4 is 33.7 Å². The van der Waals surface area contributed by atoms with Crippen molar-refractivity contribution in [2.75, 3.05) is 28.1 Å². The molecule has 0 amide bonds. The fraction of sp³-hybridized carbons (Fsp3) is 0.333. The van der Waals surface area contributed by atoms with Crippen LogP contribution in [0, 0.1) is 0 Å². The van der Waals surface area contributed by atoms with E-state index in [9.17, 15) is 0 Å². The number of hydrogen-bond acceptors (Lipinski definition) is 7. The second-order valence-corrected chi connectivity index (χ2v) is 8.63. The van der Waals surface area contributed by atoms with Crippen LogP contribution in [0.25, 0.3) is 0 Å². The van der Waals surface area contributed by atoms with Crippen molar-refractivity contribution in [3.8, 4) is 34.5 Å². The summed E-state index contributed by atoms with van der Waals surface area (Å²) in [5, 5.41) is 3.62. The van der Waals surface area contributed by atoms with E-state index in [-0.39, 0.29) is 12.7 Å². The van der Waals surface area contributed by atoms with Crippen LogP contribution in [-0.2, 0) is 6.54 Å². The first kappa shape index (κ1) is 22.2. The number of nitrogens with one attached hydrogen (secondary N) is 1. The van der Waals surface area contributed by atoms with Gasteiger partial charge in [-0.05, 0) is 36.2 Å². The lowest BCUT2D eigenvalue weighted by Crippen LogP contribution is -2.50. The summed E-state index contributed by atoms with van der Waals surface area (Å²) in [6.45, 7) is 2.96. The molecule has 7 heteroatoms. The zero-order valence-electron chi connectivity index (χ0n) is 19.8. The molecule has 0 bridgehead atoms. The number of ether oxygens (including phenoxy) is 6. The predicted molar refractivity (Wildman–Crippen MR) is 127 cm³/mol. The van der Waals surface area contributed by atoms with Crippen LogP contribution in [0.2, 0.25) is 0 Å². The molecule has 0 saturated carbocycles. The molecule has 2 atom stereocenters. The fourth-order valence-electron chi connectivity index (χ4n) is 4.68. The van der Waals surface area contributed by atoms with Crippen LogP contribution >= 0.6 is 0 Å². The van der Waals surface area contributed by atoms with Crippen LogP contribution in [0.5, 0.6) is 34.5 Å². The summed E-state index contributed by atoms with van der Waals surface area (Å²) >= 11 is 0. The van der Waals surface area contributed by atoms with Crippen molar-refractivity contribution in [2.24, 2.45) is 0 Å². The highest BCUT2D eigenvalue weighted by Gasteiger charge is 2.40. The van der Waals surface area contributed by atoms with Gasteiger partial charge < -0.3 is 28.4 Å². The summed E-state index contributed by atoms with van der Waals surface area (Å²) in [6.07, 6.45) is 0.686. The Morgan fingerprint density at radius 1 is 0.882 bits per heavy atom. The second kappa shape index (κ2) is 8.99. The first-order chi connectivity index (χ1) is 16.5. The molecule has 0 radical (unpaired) electrons. The molecule has 3 aromatic rings. The number of methoxy groups -OCH3 is 3. The molecule has 2 heterocycles. The van der Waals surface area contributed by atoms with E-state index in [2.05, 4.69) is 24.4 Å². The Bertz CT molecular complexity index is 1160. The molecule has 7 nitrogen and oxygen atoms in total. The molecular weight excluding hydrogens is 434 g/mol. The van der Waals surface area contributed by atoms with Gasteiger partial charge in [0.25, 0.3) is 0 Å². The lowest BCUT2D eigenvalue weighted by atomic mass is 9.81. The van der Waals surface area contributed by atoms with Crippen LogP contribution in [-0.4, -0.2) is 33.8 Å². The molecule has 3 aromatic carbocycles. The zero-order valence-corrected chi connectivity index (χ0v) is 19.8. The SMILES string of the molecule is COc1cc([C@@H]2C[C@@](C)(NCc3ccccc3)Oc3cc4c(cc32)OCO4)cc(OC)c1OC. The monoisotopic (exact) mass is 463 g/mol. The normalized spacial score (nSPS) is 20.3. The standard InChI is InChI=1S/C27H29NO6/c1-27(28-15-17-8-6-5-7-9-17)14-20(18-10-24(29-2)26(31-4)25(11-18)30-3)19-12-22-23(33-16-32-22)13-21(19)34-27/h5-13,20,28H,14-16H2,1-4H3/t20-,27-/m0/s1. The van der Waals surface area contributed by atoms with Gasteiger partial charge in [-0.25, -0.2) is 0 Å². The molecule has 2 aliphatic heterocycles. The van der Waals surface area contributed by atoms with Gasteiger partial charge in [-0.2, -0.15) is 0 Å². The molecule has 0 aliphatic carbocycles. The van der Waals surface area contributed by atoms with E-state index in [4.69, 9.17) is 28.4 Å². The molecule has 0 unspecified atom stereocenters. The van der Waals surface area contributed by atoms with Gasteiger partial charge in [0.1, 0.15) is 5.75 Å². The Hall–Kier alpha value is -3.58. The molecule has 0 fully saturated rings. The molecule has 2 aliphatic rings. The molecule has 0 saturated heterocycles. The molecular formula is C27H29NO6. The van der Waals surface area contributed by atoms with Crippen molar-refractivity contribution >= 4 is 0 Å². The topological polar surface area (TPSA) is 67.4 Å². The summed E-state index contributed by atoms with van der Waals surface area (Å²) in [5.41, 5.74) is 2.62. The maximum atomic E-state index is 6.54. The minimum absolute atomic E-state index is 0.0137. The third-order valence-corrected chi connectivity index (χ3v) is 6.41. The number of fused-ring (bicyclic) bond motifs is 2. The first-order valence-corrected chi connectivity index (χ1v) is 11.2. The van der Waals surface area contributed by atoms with Gasteiger partial charge in [-0.1, -0.05) is 30.3 Å². The Kier molecular flexibility index (Phi) is 5.87. The van der Waals surface area contributed by atoms with E-state index >= 15 is 0 Å². The predicted octanol–water partition coefficient (Wildman–Crippen LogP) is 4.86. The van der Waals surface area contributed by atoms with Gasteiger partial charge in [0.15, 0.2) is 28.7 Å². The number of hydrogen-bond donors (Lipinski definition) is 1. The van der Waals surface area contributed by atoms with Gasteiger partial charge in [0, 0.05) is 30.5 Å². The van der Waals surface area contributed by atoms with Gasteiger partial charge in [-0.3, -0.25) is 5.32 Å². The van der Waals surface area contributed by atoms with Crippen LogP contribution in [0.1, 0.15) is 36.0 Å². The minimum Gasteiger partial charge on any atom is -0.493 e. The van der Waals surface area contributed by atoms with Crippen molar-refractivity contribution in [2.45, 2.75) is 31.5 Å². The summed E-state index contributed by atoms with van der Waals surface area (Å²) < 4.78 is 34.6. The van der Waals surface area contributed by atoms with E-state index in [0.29, 0.717) is 36.0 Å². The summed E-state index contributed by atoms with van der Waals surface area (Å²) in [7, 11) is 4.86. The van der Waals surface area contributed by atoms with E-state index in [1.165, 1.54) is 5.56 Å². The average Bonchev–Trinajstić information content (AvgIpc) is 3.33. The molecule has 5 rings (SSSR count). The van der Waals surface area contributed by atoms with Gasteiger partial charge in [0.05, 0.1) is 21.3 Å². The Balaban J connectivity index is 1.57. The first-order valence-electron chi connectivity index (χ1n) is 11.2. The largest absolute Gasteiger partial charge is 0.493 e. The summed E-state index contributed by atoms with van der Waals surface area (Å²) in [4.78, 5) is 0. The maximum Gasteiger partial charge on any atom is 0.231 e. The van der Waals surface area contributed by atoms with E-state index in [1.54, 1.807) is 21.3 Å². The summed E-state index contributed by atoms with van der Waals surface area (Å²) in [6, 6.07) is 18.2. The molecule has 34 heavy (non-hydrogen) atoms. The van der Waals surface area contributed by atoms with Crippen molar-refractivity contribution in [3.63, 3.8) is 0 Å². The lowest BCUT2D eigenvalue weighted by Gasteiger charge is -2.41. The van der Waals surface area contributed by atoms with Gasteiger partial charge >= 0.3 is 0 Å². The van der Waals surface area contributed by atoms with Crippen LogP contribution in [0.15, 0.2) is 54.6 Å². The second-order valence-electron chi connectivity index (χ2n) is 8.63. The smallest absolute Gasteiger partial charge is 0.231 e. The molecule has 1 N–H and O–H groups in total. The highest BCUT2D eigenvalue weighted by molar-refractivity contribution is 5.60. The van der Waals surface area contributed by atoms with Crippen LogP contribution in [0.3, 0.4) is 0 Å². The third kappa shape index (κ3) is 4.07. The molecule has 178 valence electrons. The van der Waals surface area contributed by atoms with Crippen molar-refractivity contribution < 1.29 is 28.4 Å². The molecule has 0 aromatic heterocycles. The van der Waals surface area contributed by atoms with Crippen molar-refractivity contribution in [1.29, 1.82) is 0 Å². The number of rotatable bonds is 7. The minimum atomic E-state index is -0.623. The lowest BCUT2D eigenvalue weighted by molar-refractivity contribution is 0.0222. The van der Waals surface area contributed by atoms with Gasteiger partial charge in [-0.15, -0.1) is 0 Å². The van der Waals surface area contributed by atoms with Crippen molar-refractivity contribution in [1.82, 2.24) is 5.32 Å². The van der Waals surface area contributed by atoms with E-state index in [0.717, 1.165) is 22.6 Å². The highest BCUT2D eigenvalue weighted by Crippen LogP contribution is 2.51. The Labute approximate surface area is 199 Å². The van der Waals surface area contributed by atoms with Crippen molar-refractivity contribution in [3.05, 3.63) is 71.3 Å². The third-order valence-electron chi connectivity index (χ3n) is 6.41. The quantitative estimate of drug-likeness (QED) is 0.537. The number of benzene rings is 3. The zero-order chi connectivity index (χ0) is 23.7. The Morgan fingerprint density at radius 2 is 1.56 bits per heavy atom. The Morgan fingerprint density at radius 3 is 2.21 bits per heavy atom. The maximum absolute atomic E-state index is 6.54. The highest BCUT2D eigenvalue weighted by atomic mass is 16.7. The van der Waals surface area contributed by atoms with Gasteiger partial charge in [0.2, 0.25) is 12.5 Å². The average molecular weight is 464 g/mol. The van der Waals surface area contributed by atoms with E-state index in [1.807, 2.05) is 42.5 Å². The molecule has 0 spiro atoms.